The largest absolute Gasteiger partial charge is 0.486 e. The van der Waals surface area contributed by atoms with Crippen molar-refractivity contribution in [2.45, 2.75) is 6.61 Å². The highest BCUT2D eigenvalue weighted by atomic mass is 79.9. The molecule has 2 rings (SSSR count). The van der Waals surface area contributed by atoms with Crippen LogP contribution in [-0.2, 0) is 6.61 Å². The molecule has 6 heteroatoms. The predicted molar refractivity (Wildman–Crippen MR) is 80.8 cm³/mol. The number of aldehydes is 1. The molecule has 0 unspecified atom stereocenters. The SMILES string of the molecule is O=Cc1ncc(Br)cc1OCc1cc(Cl)cc(Br)c1. The zero-order chi connectivity index (χ0) is 13.8. The highest BCUT2D eigenvalue weighted by Crippen LogP contribution is 2.23. The number of hydrogen-bond donors (Lipinski definition) is 0. The van der Waals surface area contributed by atoms with Crippen molar-refractivity contribution in [3.63, 3.8) is 0 Å². The van der Waals surface area contributed by atoms with Crippen LogP contribution in [0, 0.1) is 0 Å². The van der Waals surface area contributed by atoms with Gasteiger partial charge in [-0.2, -0.15) is 0 Å². The average molecular weight is 405 g/mol. The van der Waals surface area contributed by atoms with E-state index < -0.39 is 0 Å². The first-order chi connectivity index (χ1) is 9.08. The molecule has 0 radical (unpaired) electrons. The van der Waals surface area contributed by atoms with Crippen molar-refractivity contribution in [3.8, 4) is 5.75 Å². The molecule has 0 amide bonds. The third kappa shape index (κ3) is 4.03. The Hall–Kier alpha value is -0.910. The quantitative estimate of drug-likeness (QED) is 0.695. The Labute approximate surface area is 132 Å². The maximum absolute atomic E-state index is 10.9. The number of halogens is 3. The van der Waals surface area contributed by atoms with Gasteiger partial charge in [-0.05, 0) is 45.8 Å². The van der Waals surface area contributed by atoms with Crippen LogP contribution in [-0.4, -0.2) is 11.3 Å². The summed E-state index contributed by atoms with van der Waals surface area (Å²) in [6.45, 7) is 0.304. The maximum atomic E-state index is 10.9. The highest BCUT2D eigenvalue weighted by Gasteiger charge is 2.06. The number of carbonyl (C=O) groups is 1. The van der Waals surface area contributed by atoms with E-state index in [0.717, 1.165) is 14.5 Å². The molecule has 0 saturated carbocycles. The van der Waals surface area contributed by atoms with Gasteiger partial charge in [0, 0.05) is 20.2 Å². The third-order valence-electron chi connectivity index (χ3n) is 2.28. The van der Waals surface area contributed by atoms with Crippen molar-refractivity contribution in [1.29, 1.82) is 0 Å². The molecule has 1 aromatic heterocycles. The zero-order valence-electron chi connectivity index (χ0n) is 9.57. The second-order valence-corrected chi connectivity index (χ2v) is 5.99. The standard InChI is InChI=1S/C13H8Br2ClNO2/c14-9-1-8(2-11(16)3-9)7-19-13-4-10(15)5-17-12(13)6-18/h1-6H,7H2. The van der Waals surface area contributed by atoms with Gasteiger partial charge in [-0.1, -0.05) is 27.5 Å². The summed E-state index contributed by atoms with van der Waals surface area (Å²) >= 11 is 12.6. The normalized spacial score (nSPS) is 10.3. The number of aromatic nitrogens is 1. The van der Waals surface area contributed by atoms with Crippen LogP contribution in [0.5, 0.6) is 5.75 Å². The summed E-state index contributed by atoms with van der Waals surface area (Å²) < 4.78 is 7.23. The van der Waals surface area contributed by atoms with E-state index in [1.165, 1.54) is 0 Å². The number of hydrogen-bond acceptors (Lipinski definition) is 3. The number of pyridine rings is 1. The Balaban J connectivity index is 2.18. The Bertz CT molecular complexity index is 599. The molecule has 1 heterocycles. The van der Waals surface area contributed by atoms with Crippen LogP contribution in [0.2, 0.25) is 5.02 Å². The topological polar surface area (TPSA) is 39.2 Å². The highest BCUT2D eigenvalue weighted by molar-refractivity contribution is 9.10. The van der Waals surface area contributed by atoms with Crippen LogP contribution in [0.25, 0.3) is 0 Å². The molecule has 0 aliphatic carbocycles. The van der Waals surface area contributed by atoms with E-state index in [-0.39, 0.29) is 5.69 Å². The smallest absolute Gasteiger partial charge is 0.172 e. The summed E-state index contributed by atoms with van der Waals surface area (Å²) in [6.07, 6.45) is 2.21. The van der Waals surface area contributed by atoms with Crippen LogP contribution in [0.4, 0.5) is 0 Å². The molecule has 0 saturated heterocycles. The number of carbonyl (C=O) groups excluding carboxylic acids is 1. The molecule has 0 atom stereocenters. The maximum Gasteiger partial charge on any atom is 0.172 e. The van der Waals surface area contributed by atoms with E-state index in [0.29, 0.717) is 23.7 Å². The molecule has 0 bridgehead atoms. The molecular weight excluding hydrogens is 397 g/mol. The van der Waals surface area contributed by atoms with E-state index in [4.69, 9.17) is 16.3 Å². The molecule has 19 heavy (non-hydrogen) atoms. The lowest BCUT2D eigenvalue weighted by Crippen LogP contribution is -2.00. The summed E-state index contributed by atoms with van der Waals surface area (Å²) in [6, 6.07) is 7.20. The third-order valence-corrected chi connectivity index (χ3v) is 3.39. The minimum Gasteiger partial charge on any atom is -0.486 e. The summed E-state index contributed by atoms with van der Waals surface area (Å²) in [5.41, 5.74) is 1.17. The van der Waals surface area contributed by atoms with E-state index in [9.17, 15) is 4.79 Å². The van der Waals surface area contributed by atoms with Gasteiger partial charge in [0.25, 0.3) is 0 Å². The van der Waals surface area contributed by atoms with Gasteiger partial charge in [-0.25, -0.2) is 4.98 Å². The average Bonchev–Trinajstić information content (AvgIpc) is 2.35. The van der Waals surface area contributed by atoms with E-state index >= 15 is 0 Å². The van der Waals surface area contributed by atoms with Crippen LogP contribution < -0.4 is 4.74 Å². The van der Waals surface area contributed by atoms with E-state index in [1.807, 2.05) is 6.07 Å². The van der Waals surface area contributed by atoms with Crippen molar-refractivity contribution in [3.05, 3.63) is 55.7 Å². The molecular formula is C13H8Br2ClNO2. The van der Waals surface area contributed by atoms with Gasteiger partial charge in [0.05, 0.1) is 0 Å². The number of nitrogens with zero attached hydrogens (tertiary/aromatic N) is 1. The fraction of sp³-hybridized carbons (Fsp3) is 0.0769. The van der Waals surface area contributed by atoms with Gasteiger partial charge < -0.3 is 4.74 Å². The van der Waals surface area contributed by atoms with Crippen LogP contribution in [0.15, 0.2) is 39.4 Å². The predicted octanol–water partition coefficient (Wildman–Crippen LogP) is 4.65. The summed E-state index contributed by atoms with van der Waals surface area (Å²) in [7, 11) is 0. The summed E-state index contributed by atoms with van der Waals surface area (Å²) in [5.74, 6) is 0.431. The van der Waals surface area contributed by atoms with Crippen LogP contribution >= 0.6 is 43.5 Å². The first-order valence-corrected chi connectivity index (χ1v) is 7.23. The van der Waals surface area contributed by atoms with Crippen molar-refractivity contribution < 1.29 is 9.53 Å². The van der Waals surface area contributed by atoms with Gasteiger partial charge in [0.1, 0.15) is 18.1 Å². The van der Waals surface area contributed by atoms with Gasteiger partial charge in [0.2, 0.25) is 0 Å². The minimum atomic E-state index is 0.268. The molecule has 98 valence electrons. The minimum absolute atomic E-state index is 0.268. The fourth-order valence-corrected chi connectivity index (χ4v) is 2.73. The molecule has 0 N–H and O–H groups in total. The second-order valence-electron chi connectivity index (χ2n) is 3.72. The first-order valence-electron chi connectivity index (χ1n) is 5.27. The van der Waals surface area contributed by atoms with E-state index in [2.05, 4.69) is 36.8 Å². The Morgan fingerprint density at radius 3 is 2.68 bits per heavy atom. The molecule has 0 aliphatic heterocycles. The Morgan fingerprint density at radius 1 is 1.21 bits per heavy atom. The Morgan fingerprint density at radius 2 is 2.00 bits per heavy atom. The van der Waals surface area contributed by atoms with Gasteiger partial charge in [-0.15, -0.1) is 0 Å². The fourth-order valence-electron chi connectivity index (χ4n) is 1.49. The van der Waals surface area contributed by atoms with Crippen molar-refractivity contribution in [2.75, 3.05) is 0 Å². The monoisotopic (exact) mass is 403 g/mol. The van der Waals surface area contributed by atoms with Crippen LogP contribution in [0.3, 0.4) is 0 Å². The number of benzene rings is 1. The van der Waals surface area contributed by atoms with Crippen molar-refractivity contribution >= 4 is 49.7 Å². The van der Waals surface area contributed by atoms with E-state index in [1.54, 1.807) is 24.4 Å². The number of ether oxygens (including phenoxy) is 1. The van der Waals surface area contributed by atoms with Crippen molar-refractivity contribution in [1.82, 2.24) is 4.98 Å². The molecule has 1 aromatic carbocycles. The molecule has 0 spiro atoms. The first kappa shape index (κ1) is 14.5. The van der Waals surface area contributed by atoms with Gasteiger partial charge >= 0.3 is 0 Å². The zero-order valence-corrected chi connectivity index (χ0v) is 13.5. The molecule has 0 aliphatic rings. The molecule has 2 aromatic rings. The second kappa shape index (κ2) is 6.50. The summed E-state index contributed by atoms with van der Waals surface area (Å²) in [4.78, 5) is 14.8. The van der Waals surface area contributed by atoms with Crippen molar-refractivity contribution in [2.24, 2.45) is 0 Å². The molecule has 3 nitrogen and oxygen atoms in total. The summed E-state index contributed by atoms with van der Waals surface area (Å²) in [5, 5.41) is 0.621. The van der Waals surface area contributed by atoms with Gasteiger partial charge in [-0.3, -0.25) is 4.79 Å². The lowest BCUT2D eigenvalue weighted by molar-refractivity contribution is 0.111. The van der Waals surface area contributed by atoms with Crippen LogP contribution in [0.1, 0.15) is 16.1 Å². The lowest BCUT2D eigenvalue weighted by atomic mass is 10.2. The van der Waals surface area contributed by atoms with Gasteiger partial charge in [0.15, 0.2) is 6.29 Å². The number of rotatable bonds is 4. The Kier molecular flexibility index (Phi) is 4.96. The molecule has 0 fully saturated rings. The lowest BCUT2D eigenvalue weighted by Gasteiger charge is -2.09.